The first-order valence-electron chi connectivity index (χ1n) is 7.47. The van der Waals surface area contributed by atoms with Crippen LogP contribution in [-0.4, -0.2) is 43.0 Å². The fourth-order valence-electron chi connectivity index (χ4n) is 2.97. The Morgan fingerprint density at radius 2 is 1.30 bits per heavy atom. The molecule has 1 aliphatic heterocycles. The lowest BCUT2D eigenvalue weighted by molar-refractivity contribution is 0.127. The first kappa shape index (κ1) is 20.3. The minimum atomic E-state index is 0. The lowest BCUT2D eigenvalue weighted by atomic mass is 9.96. The highest BCUT2D eigenvalue weighted by Crippen LogP contribution is 2.30. The van der Waals surface area contributed by atoms with E-state index in [9.17, 15) is 0 Å². The van der Waals surface area contributed by atoms with E-state index < -0.39 is 0 Å². The summed E-state index contributed by atoms with van der Waals surface area (Å²) in [6.45, 7) is 4.44. The van der Waals surface area contributed by atoms with E-state index in [1.807, 2.05) is 12.1 Å². The van der Waals surface area contributed by atoms with E-state index in [1.165, 1.54) is 11.1 Å². The van der Waals surface area contributed by atoms with Crippen molar-refractivity contribution in [3.05, 3.63) is 70.7 Å². The zero-order valence-electron chi connectivity index (χ0n) is 13.2. The zero-order valence-corrected chi connectivity index (χ0v) is 15.6. The van der Waals surface area contributed by atoms with Gasteiger partial charge in [-0.25, -0.2) is 0 Å². The Hall–Kier alpha value is -0.770. The molecule has 0 N–H and O–H groups in total. The average Bonchev–Trinajstić information content (AvgIpc) is 2.52. The highest BCUT2D eigenvalue weighted by molar-refractivity contribution is 6.30. The Morgan fingerprint density at radius 3 is 1.87 bits per heavy atom. The number of nitrogens with zero attached hydrogens (tertiary/aromatic N) is 2. The van der Waals surface area contributed by atoms with Crippen molar-refractivity contribution in [2.24, 2.45) is 0 Å². The number of benzene rings is 2. The molecular formula is C18H23Cl3N2. The first-order chi connectivity index (χ1) is 10.2. The third kappa shape index (κ3) is 5.10. The Balaban J connectivity index is 0.00000132. The number of piperazine rings is 1. The number of hydrogen-bond acceptors (Lipinski definition) is 2. The maximum Gasteiger partial charge on any atom is 0.0602 e. The number of hydrogen-bond donors (Lipinski definition) is 0. The van der Waals surface area contributed by atoms with Gasteiger partial charge in [0.05, 0.1) is 6.04 Å². The van der Waals surface area contributed by atoms with Gasteiger partial charge in [0.15, 0.2) is 0 Å². The molecule has 2 aromatic carbocycles. The molecule has 0 aliphatic carbocycles. The Bertz CT molecular complexity index is 567. The summed E-state index contributed by atoms with van der Waals surface area (Å²) in [5.41, 5.74) is 2.67. The molecule has 0 radical (unpaired) electrons. The Kier molecular flexibility index (Phi) is 8.38. The van der Waals surface area contributed by atoms with Gasteiger partial charge in [-0.1, -0.05) is 54.1 Å². The summed E-state index contributed by atoms with van der Waals surface area (Å²) in [5.74, 6) is 0. The molecule has 23 heavy (non-hydrogen) atoms. The third-order valence-corrected chi connectivity index (χ3v) is 4.46. The molecule has 1 saturated heterocycles. The Morgan fingerprint density at radius 1 is 0.783 bits per heavy atom. The van der Waals surface area contributed by atoms with Gasteiger partial charge in [-0.15, -0.1) is 24.8 Å². The standard InChI is InChI=1S/C18H21ClN2.2ClH/c1-20-11-13-21(14-12-20)18(15-5-3-2-4-6-15)16-7-9-17(19)10-8-16;;/h2-10,18H,11-14H2,1H3;2*1H/t18-;;/m1../s1. The maximum absolute atomic E-state index is 6.05. The van der Waals surface area contributed by atoms with Crippen molar-refractivity contribution in [3.8, 4) is 0 Å². The van der Waals surface area contributed by atoms with Crippen molar-refractivity contribution in [2.45, 2.75) is 6.04 Å². The molecule has 126 valence electrons. The van der Waals surface area contributed by atoms with Crippen LogP contribution >= 0.6 is 36.4 Å². The zero-order chi connectivity index (χ0) is 14.7. The maximum atomic E-state index is 6.05. The van der Waals surface area contributed by atoms with Gasteiger partial charge < -0.3 is 4.90 Å². The molecule has 1 heterocycles. The topological polar surface area (TPSA) is 6.48 Å². The van der Waals surface area contributed by atoms with Crippen molar-refractivity contribution >= 4 is 36.4 Å². The van der Waals surface area contributed by atoms with Crippen molar-refractivity contribution in [2.75, 3.05) is 33.2 Å². The fraction of sp³-hybridized carbons (Fsp3) is 0.333. The van der Waals surface area contributed by atoms with Crippen molar-refractivity contribution in [3.63, 3.8) is 0 Å². The van der Waals surface area contributed by atoms with E-state index in [-0.39, 0.29) is 24.8 Å². The molecule has 0 bridgehead atoms. The van der Waals surface area contributed by atoms with Crippen LogP contribution in [0.1, 0.15) is 17.2 Å². The van der Waals surface area contributed by atoms with Crippen molar-refractivity contribution < 1.29 is 0 Å². The number of halogens is 3. The summed E-state index contributed by atoms with van der Waals surface area (Å²) in [4.78, 5) is 4.96. The molecule has 0 unspecified atom stereocenters. The molecule has 0 amide bonds. The molecular weight excluding hydrogens is 351 g/mol. The van der Waals surface area contributed by atoms with E-state index >= 15 is 0 Å². The minimum Gasteiger partial charge on any atom is -0.304 e. The highest BCUT2D eigenvalue weighted by atomic mass is 35.5. The monoisotopic (exact) mass is 372 g/mol. The summed E-state index contributed by atoms with van der Waals surface area (Å²) in [7, 11) is 2.19. The van der Waals surface area contributed by atoms with Gasteiger partial charge in [0, 0.05) is 31.2 Å². The molecule has 0 spiro atoms. The van der Waals surface area contributed by atoms with Crippen LogP contribution in [0.4, 0.5) is 0 Å². The summed E-state index contributed by atoms with van der Waals surface area (Å²) in [6, 6.07) is 19.4. The second-order valence-corrected chi connectivity index (χ2v) is 6.14. The predicted molar refractivity (Wildman–Crippen MR) is 103 cm³/mol. The molecule has 0 aromatic heterocycles. The molecule has 1 atom stereocenters. The Labute approximate surface area is 156 Å². The van der Waals surface area contributed by atoms with E-state index in [1.54, 1.807) is 0 Å². The van der Waals surface area contributed by atoms with Crippen molar-refractivity contribution in [1.82, 2.24) is 9.80 Å². The van der Waals surface area contributed by atoms with Crippen LogP contribution in [0.15, 0.2) is 54.6 Å². The lowest BCUT2D eigenvalue weighted by Gasteiger charge is -2.38. The highest BCUT2D eigenvalue weighted by Gasteiger charge is 2.25. The van der Waals surface area contributed by atoms with Crippen LogP contribution < -0.4 is 0 Å². The van der Waals surface area contributed by atoms with Crippen LogP contribution in [0.5, 0.6) is 0 Å². The predicted octanol–water partition coefficient (Wildman–Crippen LogP) is 4.52. The second kappa shape index (κ2) is 9.51. The molecule has 1 fully saturated rings. The van der Waals surface area contributed by atoms with Gasteiger partial charge >= 0.3 is 0 Å². The number of likely N-dealkylation sites (N-methyl/N-ethyl adjacent to an activating group) is 1. The number of rotatable bonds is 3. The SMILES string of the molecule is CN1CCN([C@H](c2ccccc2)c2ccc(Cl)cc2)CC1.Cl.Cl. The van der Waals surface area contributed by atoms with Gasteiger partial charge in [-0.05, 0) is 30.3 Å². The summed E-state index contributed by atoms with van der Waals surface area (Å²) < 4.78 is 0. The van der Waals surface area contributed by atoms with Gasteiger partial charge in [0.1, 0.15) is 0 Å². The smallest absolute Gasteiger partial charge is 0.0602 e. The minimum absolute atomic E-state index is 0. The van der Waals surface area contributed by atoms with Crippen LogP contribution in [-0.2, 0) is 0 Å². The van der Waals surface area contributed by atoms with Crippen LogP contribution in [0.2, 0.25) is 5.02 Å². The largest absolute Gasteiger partial charge is 0.304 e. The summed E-state index contributed by atoms with van der Waals surface area (Å²) >= 11 is 6.05. The summed E-state index contributed by atoms with van der Waals surface area (Å²) in [6.07, 6.45) is 0. The van der Waals surface area contributed by atoms with Crippen LogP contribution in [0.3, 0.4) is 0 Å². The molecule has 2 aromatic rings. The van der Waals surface area contributed by atoms with E-state index in [0.717, 1.165) is 31.2 Å². The summed E-state index contributed by atoms with van der Waals surface area (Å²) in [5, 5.41) is 0.795. The van der Waals surface area contributed by atoms with E-state index in [2.05, 4.69) is 59.3 Å². The molecule has 3 rings (SSSR count). The fourth-order valence-corrected chi connectivity index (χ4v) is 3.10. The lowest BCUT2D eigenvalue weighted by Crippen LogP contribution is -2.46. The quantitative estimate of drug-likeness (QED) is 0.780. The van der Waals surface area contributed by atoms with Gasteiger partial charge in [0.2, 0.25) is 0 Å². The van der Waals surface area contributed by atoms with E-state index in [0.29, 0.717) is 6.04 Å². The first-order valence-corrected chi connectivity index (χ1v) is 7.85. The molecule has 0 saturated carbocycles. The van der Waals surface area contributed by atoms with Crippen LogP contribution in [0, 0.1) is 0 Å². The van der Waals surface area contributed by atoms with Gasteiger partial charge in [-0.3, -0.25) is 4.90 Å². The van der Waals surface area contributed by atoms with Crippen molar-refractivity contribution in [1.29, 1.82) is 0 Å². The molecule has 1 aliphatic rings. The average molecular weight is 374 g/mol. The van der Waals surface area contributed by atoms with E-state index in [4.69, 9.17) is 11.6 Å². The van der Waals surface area contributed by atoms with Gasteiger partial charge in [-0.2, -0.15) is 0 Å². The van der Waals surface area contributed by atoms with Gasteiger partial charge in [0.25, 0.3) is 0 Å². The van der Waals surface area contributed by atoms with Crippen LogP contribution in [0.25, 0.3) is 0 Å². The molecule has 2 nitrogen and oxygen atoms in total. The molecule has 5 heteroatoms. The second-order valence-electron chi connectivity index (χ2n) is 5.70. The third-order valence-electron chi connectivity index (χ3n) is 4.20. The normalized spacial score (nSPS) is 17.0.